The largest absolute Gasteiger partial charge is 0.462 e. The van der Waals surface area contributed by atoms with Crippen molar-refractivity contribution in [3.05, 3.63) is 97.2 Å². The Morgan fingerprint density at radius 1 is 0.269 bits per heavy atom. The van der Waals surface area contributed by atoms with Gasteiger partial charge in [-0.25, -0.2) is 0 Å². The van der Waals surface area contributed by atoms with Crippen LogP contribution in [0.3, 0.4) is 0 Å². The maximum absolute atomic E-state index is 12.9. The predicted octanol–water partition coefficient (Wildman–Crippen LogP) is 22.8. The van der Waals surface area contributed by atoms with Gasteiger partial charge in [-0.15, -0.1) is 0 Å². The van der Waals surface area contributed by atoms with Crippen LogP contribution < -0.4 is 0 Å². The second-order valence-electron chi connectivity index (χ2n) is 22.0. The number of hydrogen-bond donors (Lipinski definition) is 0. The van der Waals surface area contributed by atoms with Crippen molar-refractivity contribution in [1.82, 2.24) is 0 Å². The van der Waals surface area contributed by atoms with Crippen molar-refractivity contribution in [2.75, 3.05) is 13.2 Å². The molecule has 0 radical (unpaired) electrons. The van der Waals surface area contributed by atoms with E-state index in [4.69, 9.17) is 14.2 Å². The fourth-order valence-electron chi connectivity index (χ4n) is 9.36. The number of hydrogen-bond acceptors (Lipinski definition) is 6. The highest BCUT2D eigenvalue weighted by molar-refractivity contribution is 5.71. The highest BCUT2D eigenvalue weighted by atomic mass is 16.6. The molecule has 0 aliphatic heterocycles. The summed E-state index contributed by atoms with van der Waals surface area (Å²) >= 11 is 0. The summed E-state index contributed by atoms with van der Waals surface area (Å²) in [6.45, 7) is 6.53. The van der Waals surface area contributed by atoms with E-state index in [1.165, 1.54) is 167 Å². The number of ether oxygens (including phenoxy) is 3. The Balaban J connectivity index is 4.19. The minimum Gasteiger partial charge on any atom is -0.462 e. The molecule has 1 atom stereocenters. The monoisotopic (exact) mass is 1080 g/mol. The molecule has 0 spiro atoms. The average molecular weight is 1090 g/mol. The first-order valence-electron chi connectivity index (χ1n) is 33.2. The van der Waals surface area contributed by atoms with Crippen molar-refractivity contribution in [3.8, 4) is 0 Å². The molecule has 6 nitrogen and oxygen atoms in total. The van der Waals surface area contributed by atoms with Crippen LogP contribution in [0.1, 0.15) is 323 Å². The third-order valence-electron chi connectivity index (χ3n) is 14.3. The van der Waals surface area contributed by atoms with E-state index in [9.17, 15) is 14.4 Å². The lowest BCUT2D eigenvalue weighted by molar-refractivity contribution is -0.167. The summed E-state index contributed by atoms with van der Waals surface area (Å²) in [7, 11) is 0. The number of esters is 3. The molecule has 1 unspecified atom stereocenters. The molecule has 0 aromatic heterocycles. The molecular weight excluding hydrogens is 961 g/mol. The zero-order valence-corrected chi connectivity index (χ0v) is 51.4. The molecule has 78 heavy (non-hydrogen) atoms. The Labute approximate surface area is 483 Å². The summed E-state index contributed by atoms with van der Waals surface area (Å²) in [5.41, 5.74) is 0. The van der Waals surface area contributed by atoms with Crippen LogP contribution in [-0.2, 0) is 28.6 Å². The van der Waals surface area contributed by atoms with Crippen molar-refractivity contribution >= 4 is 17.9 Å². The zero-order chi connectivity index (χ0) is 56.4. The number of allylic oxidation sites excluding steroid dienone is 16. The summed E-state index contributed by atoms with van der Waals surface area (Å²) in [6.07, 6.45) is 88.5. The fourth-order valence-corrected chi connectivity index (χ4v) is 9.36. The van der Waals surface area contributed by atoms with Gasteiger partial charge in [0, 0.05) is 19.3 Å². The van der Waals surface area contributed by atoms with Crippen LogP contribution in [-0.4, -0.2) is 37.2 Å². The third kappa shape index (κ3) is 63.2. The lowest BCUT2D eigenvalue weighted by Gasteiger charge is -2.18. The molecule has 0 fully saturated rings. The van der Waals surface area contributed by atoms with Gasteiger partial charge in [0.25, 0.3) is 0 Å². The van der Waals surface area contributed by atoms with Crippen LogP contribution in [0, 0.1) is 0 Å². The molecule has 0 bridgehead atoms. The highest BCUT2D eigenvalue weighted by Gasteiger charge is 2.19. The number of carbonyl (C=O) groups is 3. The topological polar surface area (TPSA) is 78.9 Å². The maximum atomic E-state index is 12.9. The second-order valence-corrected chi connectivity index (χ2v) is 22.0. The molecular formula is C72H124O6. The molecule has 448 valence electrons. The fraction of sp³-hybridized carbons (Fsp3) is 0.736. The molecule has 0 rings (SSSR count). The van der Waals surface area contributed by atoms with Gasteiger partial charge in [0.05, 0.1) is 0 Å². The average Bonchev–Trinajstić information content (AvgIpc) is 3.44. The minimum absolute atomic E-state index is 0.0774. The van der Waals surface area contributed by atoms with Gasteiger partial charge >= 0.3 is 17.9 Å². The normalized spacial score (nSPS) is 12.7. The van der Waals surface area contributed by atoms with Gasteiger partial charge in [-0.2, -0.15) is 0 Å². The van der Waals surface area contributed by atoms with Gasteiger partial charge < -0.3 is 14.2 Å². The molecule has 0 aliphatic carbocycles. The molecule has 0 aliphatic rings. The lowest BCUT2D eigenvalue weighted by Crippen LogP contribution is -2.30. The van der Waals surface area contributed by atoms with E-state index < -0.39 is 6.10 Å². The van der Waals surface area contributed by atoms with Gasteiger partial charge in [-0.05, 0) is 103 Å². The van der Waals surface area contributed by atoms with Crippen molar-refractivity contribution in [1.29, 1.82) is 0 Å². The molecule has 0 aromatic carbocycles. The molecule has 0 heterocycles. The van der Waals surface area contributed by atoms with Gasteiger partial charge in [-0.1, -0.05) is 298 Å². The first-order chi connectivity index (χ1) is 38.5. The van der Waals surface area contributed by atoms with Gasteiger partial charge in [0.2, 0.25) is 0 Å². The Bertz CT molecular complexity index is 1530. The van der Waals surface area contributed by atoms with E-state index in [1.807, 2.05) is 0 Å². The molecule has 0 amide bonds. The van der Waals surface area contributed by atoms with Crippen molar-refractivity contribution in [3.63, 3.8) is 0 Å². The second kappa shape index (κ2) is 65.8. The van der Waals surface area contributed by atoms with Crippen molar-refractivity contribution in [2.45, 2.75) is 329 Å². The Kier molecular flexibility index (Phi) is 62.7. The number of unbranched alkanes of at least 4 members (excludes halogenated alkanes) is 33. The van der Waals surface area contributed by atoms with Crippen LogP contribution in [0.25, 0.3) is 0 Å². The smallest absolute Gasteiger partial charge is 0.306 e. The summed E-state index contributed by atoms with van der Waals surface area (Å²) in [5.74, 6) is -0.878. The van der Waals surface area contributed by atoms with E-state index in [-0.39, 0.29) is 31.1 Å². The standard InChI is InChI=1S/C72H124O6/c1-4-7-10-13-16-19-22-24-26-28-29-30-31-32-33-34-35-36-37-38-39-40-41-42-43-44-46-47-50-53-56-59-62-65-71(74)77-68-69(67-76-70(73)64-61-58-55-52-49-21-18-15-12-9-6-3)78-72(75)66-63-60-57-54-51-48-45-27-25-23-20-17-14-11-8-5-2/h7,10,16,19,24,26-27,29-30,32-33,35-36,38-39,45,69H,4-6,8-9,11-15,17-18,20-23,25,28,31,34,37,40-44,46-68H2,1-3H3/b10-7-,19-16-,26-24-,30-29-,33-32-,36-35-,39-38-,45-27-. The van der Waals surface area contributed by atoms with E-state index >= 15 is 0 Å². The first kappa shape index (κ1) is 74.3. The number of carbonyl (C=O) groups excluding carboxylic acids is 3. The molecule has 6 heteroatoms. The Hall–Kier alpha value is -3.67. The lowest BCUT2D eigenvalue weighted by atomic mass is 10.0. The van der Waals surface area contributed by atoms with E-state index in [1.54, 1.807) is 0 Å². The third-order valence-corrected chi connectivity index (χ3v) is 14.3. The van der Waals surface area contributed by atoms with Crippen LogP contribution in [0.2, 0.25) is 0 Å². The highest BCUT2D eigenvalue weighted by Crippen LogP contribution is 2.16. The predicted molar refractivity (Wildman–Crippen MR) is 339 cm³/mol. The zero-order valence-electron chi connectivity index (χ0n) is 51.4. The molecule has 0 N–H and O–H groups in total. The first-order valence-corrected chi connectivity index (χ1v) is 33.2. The summed E-state index contributed by atoms with van der Waals surface area (Å²) < 4.78 is 16.9. The van der Waals surface area contributed by atoms with Crippen LogP contribution >= 0.6 is 0 Å². The summed E-state index contributed by atoms with van der Waals surface area (Å²) in [4.78, 5) is 38.2. The van der Waals surface area contributed by atoms with Crippen LogP contribution in [0.5, 0.6) is 0 Å². The summed E-state index contributed by atoms with van der Waals surface area (Å²) in [6, 6.07) is 0. The van der Waals surface area contributed by atoms with Crippen LogP contribution in [0.15, 0.2) is 97.2 Å². The minimum atomic E-state index is -0.781. The maximum Gasteiger partial charge on any atom is 0.306 e. The van der Waals surface area contributed by atoms with Crippen molar-refractivity contribution in [2.24, 2.45) is 0 Å². The molecule has 0 aromatic rings. The summed E-state index contributed by atoms with van der Waals surface area (Å²) in [5, 5.41) is 0. The van der Waals surface area contributed by atoms with Gasteiger partial charge in [0.15, 0.2) is 6.10 Å². The molecule has 0 saturated heterocycles. The van der Waals surface area contributed by atoms with E-state index in [0.29, 0.717) is 19.3 Å². The van der Waals surface area contributed by atoms with Gasteiger partial charge in [0.1, 0.15) is 13.2 Å². The van der Waals surface area contributed by atoms with Gasteiger partial charge in [-0.3, -0.25) is 14.4 Å². The quantitative estimate of drug-likeness (QED) is 0.0261. The van der Waals surface area contributed by atoms with Crippen LogP contribution in [0.4, 0.5) is 0 Å². The van der Waals surface area contributed by atoms with Crippen molar-refractivity contribution < 1.29 is 28.6 Å². The van der Waals surface area contributed by atoms with E-state index in [2.05, 4.69) is 118 Å². The number of rotatable bonds is 60. The SMILES string of the molecule is CC/C=C\C/C=C\C/C=C\C/C=C\C/C=C\C/C=C\C/C=C\CCCCCCCCCCCCCC(=O)OCC(COC(=O)CCCCCCCCCCCCC)OC(=O)CCCCCCC/C=C\CCCCCCCCC. The van der Waals surface area contributed by atoms with E-state index in [0.717, 1.165) is 116 Å². The molecule has 0 saturated carbocycles. The Morgan fingerprint density at radius 2 is 0.500 bits per heavy atom. The Morgan fingerprint density at radius 3 is 0.795 bits per heavy atom.